The minimum absolute atomic E-state index is 0.172. The predicted molar refractivity (Wildman–Crippen MR) is 76.5 cm³/mol. The SMILES string of the molecule is OB(O)c1ccc(F)cc1OCCCc1ccccc1. The van der Waals surface area contributed by atoms with Gasteiger partial charge < -0.3 is 14.8 Å². The first kappa shape index (κ1) is 14.6. The van der Waals surface area contributed by atoms with E-state index in [1.807, 2.05) is 30.3 Å². The fourth-order valence-electron chi connectivity index (χ4n) is 1.95. The van der Waals surface area contributed by atoms with Gasteiger partial charge in [-0.15, -0.1) is 0 Å². The van der Waals surface area contributed by atoms with E-state index >= 15 is 0 Å². The van der Waals surface area contributed by atoms with Crippen LogP contribution in [0.1, 0.15) is 12.0 Å². The third-order valence-electron chi connectivity index (χ3n) is 2.96. The molecular formula is C15H16BFO3. The second kappa shape index (κ2) is 7.08. The third-order valence-corrected chi connectivity index (χ3v) is 2.96. The molecule has 20 heavy (non-hydrogen) atoms. The normalized spacial score (nSPS) is 10.3. The van der Waals surface area contributed by atoms with Gasteiger partial charge in [-0.3, -0.25) is 0 Å². The van der Waals surface area contributed by atoms with Crippen LogP contribution in [0.2, 0.25) is 0 Å². The maximum atomic E-state index is 13.1. The average Bonchev–Trinajstić information content (AvgIpc) is 2.44. The maximum absolute atomic E-state index is 13.1. The molecule has 0 saturated heterocycles. The van der Waals surface area contributed by atoms with Crippen molar-refractivity contribution in [1.29, 1.82) is 0 Å². The maximum Gasteiger partial charge on any atom is 0.492 e. The zero-order chi connectivity index (χ0) is 14.4. The lowest BCUT2D eigenvalue weighted by molar-refractivity contribution is 0.310. The van der Waals surface area contributed by atoms with E-state index in [4.69, 9.17) is 4.74 Å². The Labute approximate surface area is 117 Å². The first-order valence-corrected chi connectivity index (χ1v) is 6.49. The molecule has 0 aromatic heterocycles. The van der Waals surface area contributed by atoms with Gasteiger partial charge in [0.1, 0.15) is 11.6 Å². The predicted octanol–water partition coefficient (Wildman–Crippen LogP) is 1.52. The fraction of sp³-hybridized carbons (Fsp3) is 0.200. The van der Waals surface area contributed by atoms with Crippen LogP contribution in [0.25, 0.3) is 0 Å². The molecule has 2 N–H and O–H groups in total. The van der Waals surface area contributed by atoms with Crippen LogP contribution in [0, 0.1) is 5.82 Å². The number of rotatable bonds is 6. The Hall–Kier alpha value is -1.85. The monoisotopic (exact) mass is 274 g/mol. The minimum Gasteiger partial charge on any atom is -0.494 e. The number of aryl methyl sites for hydroxylation is 1. The highest BCUT2D eigenvalue weighted by Gasteiger charge is 2.17. The zero-order valence-electron chi connectivity index (χ0n) is 11.0. The topological polar surface area (TPSA) is 49.7 Å². The standard InChI is InChI=1S/C15H16BFO3/c17-13-8-9-14(16(18)19)15(11-13)20-10-4-7-12-5-2-1-3-6-12/h1-3,5-6,8-9,11,18-19H,4,7,10H2. The molecule has 2 rings (SSSR count). The summed E-state index contributed by atoms with van der Waals surface area (Å²) in [5.41, 5.74) is 1.38. The van der Waals surface area contributed by atoms with Crippen molar-refractivity contribution in [3.63, 3.8) is 0 Å². The second-order valence-corrected chi connectivity index (χ2v) is 4.49. The molecule has 3 nitrogen and oxygen atoms in total. The Balaban J connectivity index is 1.89. The minimum atomic E-state index is -1.67. The van der Waals surface area contributed by atoms with Gasteiger partial charge in [0.2, 0.25) is 0 Å². The van der Waals surface area contributed by atoms with Crippen LogP contribution in [0.15, 0.2) is 48.5 Å². The van der Waals surface area contributed by atoms with Crippen molar-refractivity contribution in [2.75, 3.05) is 6.61 Å². The van der Waals surface area contributed by atoms with E-state index in [1.165, 1.54) is 17.7 Å². The second-order valence-electron chi connectivity index (χ2n) is 4.49. The Morgan fingerprint density at radius 1 is 1.05 bits per heavy atom. The van der Waals surface area contributed by atoms with Gasteiger partial charge in [-0.2, -0.15) is 0 Å². The van der Waals surface area contributed by atoms with Crippen LogP contribution in [0.5, 0.6) is 5.75 Å². The van der Waals surface area contributed by atoms with Crippen molar-refractivity contribution in [3.05, 3.63) is 59.9 Å². The molecule has 0 amide bonds. The lowest BCUT2D eigenvalue weighted by Crippen LogP contribution is -2.31. The van der Waals surface area contributed by atoms with Gasteiger partial charge in [-0.25, -0.2) is 4.39 Å². The summed E-state index contributed by atoms with van der Waals surface area (Å²) in [6, 6.07) is 13.6. The van der Waals surface area contributed by atoms with Crippen molar-refractivity contribution in [2.45, 2.75) is 12.8 Å². The summed E-state index contributed by atoms with van der Waals surface area (Å²) >= 11 is 0. The van der Waals surface area contributed by atoms with Crippen LogP contribution in [-0.4, -0.2) is 23.8 Å². The zero-order valence-corrected chi connectivity index (χ0v) is 11.0. The number of hydrogen-bond donors (Lipinski definition) is 2. The quantitative estimate of drug-likeness (QED) is 0.620. The van der Waals surface area contributed by atoms with Gasteiger partial charge >= 0.3 is 7.12 Å². The molecule has 5 heteroatoms. The number of hydrogen-bond acceptors (Lipinski definition) is 3. The summed E-state index contributed by atoms with van der Waals surface area (Å²) in [6.07, 6.45) is 1.62. The lowest BCUT2D eigenvalue weighted by atomic mass is 9.79. The molecule has 0 aliphatic carbocycles. The first-order chi connectivity index (χ1) is 9.66. The van der Waals surface area contributed by atoms with Crippen LogP contribution < -0.4 is 10.2 Å². The summed E-state index contributed by atoms with van der Waals surface area (Å²) in [5.74, 6) is -0.291. The van der Waals surface area contributed by atoms with E-state index in [0.717, 1.165) is 18.9 Å². The molecule has 2 aromatic carbocycles. The van der Waals surface area contributed by atoms with Crippen molar-refractivity contribution in [2.24, 2.45) is 0 Å². The molecule has 0 spiro atoms. The first-order valence-electron chi connectivity index (χ1n) is 6.49. The van der Waals surface area contributed by atoms with Gasteiger partial charge in [0.05, 0.1) is 6.61 Å². The van der Waals surface area contributed by atoms with E-state index in [1.54, 1.807) is 0 Å². The van der Waals surface area contributed by atoms with E-state index in [0.29, 0.717) is 6.61 Å². The van der Waals surface area contributed by atoms with Gasteiger partial charge in [0.25, 0.3) is 0 Å². The molecule has 2 aromatic rings. The largest absolute Gasteiger partial charge is 0.494 e. The van der Waals surface area contributed by atoms with Crippen LogP contribution in [0.4, 0.5) is 4.39 Å². The van der Waals surface area contributed by atoms with E-state index in [2.05, 4.69) is 0 Å². The number of halogens is 1. The van der Waals surface area contributed by atoms with Crippen molar-refractivity contribution < 1.29 is 19.2 Å². The number of ether oxygens (including phenoxy) is 1. The summed E-state index contributed by atoms with van der Waals surface area (Å²) in [7, 11) is -1.67. The van der Waals surface area contributed by atoms with Gasteiger partial charge in [-0.05, 0) is 24.5 Å². The van der Waals surface area contributed by atoms with E-state index in [9.17, 15) is 14.4 Å². The summed E-state index contributed by atoms with van der Waals surface area (Å²) in [4.78, 5) is 0. The summed E-state index contributed by atoms with van der Waals surface area (Å²) in [6.45, 7) is 0.387. The van der Waals surface area contributed by atoms with Gasteiger partial charge in [0, 0.05) is 11.5 Å². The van der Waals surface area contributed by atoms with Crippen LogP contribution in [0.3, 0.4) is 0 Å². The molecule has 0 unspecified atom stereocenters. The van der Waals surface area contributed by atoms with Crippen molar-refractivity contribution in [3.8, 4) is 5.75 Å². The van der Waals surface area contributed by atoms with Crippen LogP contribution in [-0.2, 0) is 6.42 Å². The highest BCUT2D eigenvalue weighted by Crippen LogP contribution is 2.11. The molecule has 0 atom stereocenters. The highest BCUT2D eigenvalue weighted by molar-refractivity contribution is 6.59. The Morgan fingerprint density at radius 2 is 1.80 bits per heavy atom. The molecular weight excluding hydrogens is 258 g/mol. The Kier molecular flexibility index (Phi) is 5.15. The molecule has 0 bridgehead atoms. The van der Waals surface area contributed by atoms with E-state index in [-0.39, 0.29) is 11.2 Å². The van der Waals surface area contributed by atoms with Crippen molar-refractivity contribution in [1.82, 2.24) is 0 Å². The molecule has 0 radical (unpaired) electrons. The molecule has 0 heterocycles. The van der Waals surface area contributed by atoms with Crippen LogP contribution >= 0.6 is 0 Å². The summed E-state index contributed by atoms with van der Waals surface area (Å²) < 4.78 is 18.6. The highest BCUT2D eigenvalue weighted by atomic mass is 19.1. The van der Waals surface area contributed by atoms with Crippen molar-refractivity contribution >= 4 is 12.6 Å². The van der Waals surface area contributed by atoms with E-state index < -0.39 is 12.9 Å². The third kappa shape index (κ3) is 4.08. The average molecular weight is 274 g/mol. The fourth-order valence-corrected chi connectivity index (χ4v) is 1.95. The molecule has 0 aliphatic rings. The van der Waals surface area contributed by atoms with Gasteiger partial charge in [-0.1, -0.05) is 36.4 Å². The molecule has 0 fully saturated rings. The number of benzene rings is 2. The summed E-state index contributed by atoms with van der Waals surface area (Å²) in [5, 5.41) is 18.4. The Bertz CT molecular complexity index is 546. The smallest absolute Gasteiger partial charge is 0.492 e. The lowest BCUT2D eigenvalue weighted by Gasteiger charge is -2.11. The molecule has 104 valence electrons. The van der Waals surface area contributed by atoms with Gasteiger partial charge in [0.15, 0.2) is 0 Å². The molecule has 0 saturated carbocycles. The Morgan fingerprint density at radius 3 is 2.50 bits per heavy atom. The molecule has 0 aliphatic heterocycles.